The third-order valence-corrected chi connectivity index (χ3v) is 2.98. The summed E-state index contributed by atoms with van der Waals surface area (Å²) in [4.78, 5) is 38.9. The average molecular weight is 254 g/mol. The molecule has 7 nitrogen and oxygen atoms in total. The maximum atomic E-state index is 11.6. The van der Waals surface area contributed by atoms with Gasteiger partial charge < -0.3 is 10.6 Å². The molecule has 4 amide bonds. The molecule has 1 aliphatic rings. The van der Waals surface area contributed by atoms with Crippen molar-refractivity contribution in [1.82, 2.24) is 15.2 Å². The summed E-state index contributed by atoms with van der Waals surface area (Å²) in [5, 5.41) is 7.12. The summed E-state index contributed by atoms with van der Waals surface area (Å²) < 4.78 is 0. The van der Waals surface area contributed by atoms with Crippen LogP contribution >= 0.6 is 11.3 Å². The number of rotatable bonds is 3. The fourth-order valence-corrected chi connectivity index (χ4v) is 2.03. The number of nitrogens with zero attached hydrogens (tertiary/aromatic N) is 2. The Hall–Kier alpha value is -1.96. The van der Waals surface area contributed by atoms with Crippen molar-refractivity contribution < 1.29 is 14.4 Å². The quantitative estimate of drug-likeness (QED) is 0.739. The van der Waals surface area contributed by atoms with Gasteiger partial charge >= 0.3 is 6.03 Å². The van der Waals surface area contributed by atoms with E-state index < -0.39 is 17.8 Å². The first-order valence-electron chi connectivity index (χ1n) is 4.86. The maximum absolute atomic E-state index is 11.6. The summed E-state index contributed by atoms with van der Waals surface area (Å²) in [6.45, 7) is 1.47. The predicted octanol–water partition coefficient (Wildman–Crippen LogP) is -0.0582. The molecule has 90 valence electrons. The van der Waals surface area contributed by atoms with Gasteiger partial charge in [-0.15, -0.1) is 11.3 Å². The van der Waals surface area contributed by atoms with Crippen LogP contribution in [-0.4, -0.2) is 40.8 Å². The summed E-state index contributed by atoms with van der Waals surface area (Å²) >= 11 is 1.29. The van der Waals surface area contributed by atoms with E-state index in [-0.39, 0.29) is 13.1 Å². The molecule has 1 saturated heterocycles. The maximum Gasteiger partial charge on any atom is 0.325 e. The zero-order chi connectivity index (χ0) is 12.4. The number of anilines is 1. The Kier molecular flexibility index (Phi) is 3.05. The average Bonchev–Trinajstić information content (AvgIpc) is 2.79. The van der Waals surface area contributed by atoms with Crippen LogP contribution in [0.25, 0.3) is 0 Å². The van der Waals surface area contributed by atoms with Gasteiger partial charge in [0.1, 0.15) is 6.54 Å². The van der Waals surface area contributed by atoms with Crippen molar-refractivity contribution in [3.05, 3.63) is 11.1 Å². The third-order valence-electron chi connectivity index (χ3n) is 2.10. The minimum Gasteiger partial charge on any atom is -0.329 e. The Morgan fingerprint density at radius 2 is 2.41 bits per heavy atom. The van der Waals surface area contributed by atoms with Crippen LogP contribution in [0.2, 0.25) is 0 Å². The van der Waals surface area contributed by atoms with E-state index in [0.29, 0.717) is 5.13 Å². The summed E-state index contributed by atoms with van der Waals surface area (Å²) in [5.41, 5.74) is 0.806. The van der Waals surface area contributed by atoms with Gasteiger partial charge in [-0.3, -0.25) is 14.5 Å². The highest BCUT2D eigenvalue weighted by molar-refractivity contribution is 7.13. The number of carbonyl (C=O) groups excluding carboxylic acids is 3. The van der Waals surface area contributed by atoms with Gasteiger partial charge in [0.25, 0.3) is 5.91 Å². The van der Waals surface area contributed by atoms with Crippen molar-refractivity contribution >= 4 is 34.3 Å². The lowest BCUT2D eigenvalue weighted by Crippen LogP contribution is -2.38. The van der Waals surface area contributed by atoms with Crippen molar-refractivity contribution in [3.63, 3.8) is 0 Å². The molecule has 0 atom stereocenters. The van der Waals surface area contributed by atoms with Crippen LogP contribution in [0, 0.1) is 6.92 Å². The molecule has 0 bridgehead atoms. The molecule has 1 aromatic heterocycles. The lowest BCUT2D eigenvalue weighted by molar-refractivity contribution is -0.128. The summed E-state index contributed by atoms with van der Waals surface area (Å²) in [5.74, 6) is -0.842. The SMILES string of the molecule is Cc1csc(NC(=O)CN2C(=O)CNC2=O)n1. The minimum absolute atomic E-state index is 0.0531. The molecule has 8 heteroatoms. The highest BCUT2D eigenvalue weighted by atomic mass is 32.1. The van der Waals surface area contributed by atoms with Crippen LogP contribution in [0.3, 0.4) is 0 Å². The van der Waals surface area contributed by atoms with Gasteiger partial charge in [-0.1, -0.05) is 0 Å². The van der Waals surface area contributed by atoms with Gasteiger partial charge in [0.05, 0.1) is 12.2 Å². The number of urea groups is 1. The standard InChI is InChI=1S/C9H10N4O3S/c1-5-4-17-8(11-5)12-6(14)3-13-7(15)2-10-9(13)16/h4H,2-3H2,1H3,(H,10,16)(H,11,12,14). The first-order valence-corrected chi connectivity index (χ1v) is 5.74. The van der Waals surface area contributed by atoms with Gasteiger partial charge in [0.2, 0.25) is 5.91 Å². The fourth-order valence-electron chi connectivity index (χ4n) is 1.33. The number of carbonyl (C=O) groups is 3. The highest BCUT2D eigenvalue weighted by Crippen LogP contribution is 2.14. The van der Waals surface area contributed by atoms with Crippen molar-refractivity contribution in [2.75, 3.05) is 18.4 Å². The van der Waals surface area contributed by atoms with Gasteiger partial charge in [0.15, 0.2) is 5.13 Å². The number of hydrogen-bond acceptors (Lipinski definition) is 5. The number of nitrogens with one attached hydrogen (secondary N) is 2. The van der Waals surface area contributed by atoms with E-state index >= 15 is 0 Å². The van der Waals surface area contributed by atoms with E-state index in [1.807, 2.05) is 6.92 Å². The molecule has 1 aliphatic heterocycles. The number of amides is 4. The normalized spacial score (nSPS) is 15.0. The number of aromatic nitrogens is 1. The van der Waals surface area contributed by atoms with Gasteiger partial charge in [-0.2, -0.15) is 0 Å². The summed E-state index contributed by atoms with van der Waals surface area (Å²) in [6.07, 6.45) is 0. The van der Waals surface area contributed by atoms with Crippen molar-refractivity contribution in [2.24, 2.45) is 0 Å². The molecule has 0 aromatic carbocycles. The van der Waals surface area contributed by atoms with Crippen molar-refractivity contribution in [2.45, 2.75) is 6.92 Å². The van der Waals surface area contributed by atoms with Crippen LogP contribution in [0.1, 0.15) is 5.69 Å². The molecule has 0 saturated carbocycles. The number of aryl methyl sites for hydroxylation is 1. The first-order chi connectivity index (χ1) is 8.06. The smallest absolute Gasteiger partial charge is 0.325 e. The van der Waals surface area contributed by atoms with E-state index in [0.717, 1.165) is 10.6 Å². The van der Waals surface area contributed by atoms with Crippen LogP contribution in [0.5, 0.6) is 0 Å². The molecule has 2 heterocycles. The molecular formula is C9H10N4O3S. The lowest BCUT2D eigenvalue weighted by Gasteiger charge is -2.10. The molecule has 17 heavy (non-hydrogen) atoms. The predicted molar refractivity (Wildman–Crippen MR) is 60.6 cm³/mol. The zero-order valence-corrected chi connectivity index (χ0v) is 9.84. The summed E-state index contributed by atoms with van der Waals surface area (Å²) in [6, 6.07) is -0.541. The molecule has 0 aliphatic carbocycles. The van der Waals surface area contributed by atoms with Crippen LogP contribution < -0.4 is 10.6 Å². The molecule has 2 N–H and O–H groups in total. The van der Waals surface area contributed by atoms with Gasteiger partial charge in [-0.05, 0) is 6.92 Å². The van der Waals surface area contributed by atoms with E-state index in [1.54, 1.807) is 5.38 Å². The zero-order valence-electron chi connectivity index (χ0n) is 9.02. The minimum atomic E-state index is -0.541. The summed E-state index contributed by atoms with van der Waals surface area (Å²) in [7, 11) is 0. The number of imide groups is 1. The third kappa shape index (κ3) is 2.59. The molecule has 0 spiro atoms. The Labute approximate surface area is 101 Å². The molecule has 2 rings (SSSR count). The molecule has 1 fully saturated rings. The van der Waals surface area contributed by atoms with E-state index in [9.17, 15) is 14.4 Å². The Morgan fingerprint density at radius 3 is 2.94 bits per heavy atom. The molecule has 0 radical (unpaired) electrons. The van der Waals surface area contributed by atoms with Gasteiger partial charge in [0, 0.05) is 5.38 Å². The Bertz CT molecular complexity index is 468. The van der Waals surface area contributed by atoms with E-state index in [4.69, 9.17) is 0 Å². The van der Waals surface area contributed by atoms with Crippen LogP contribution in [0.15, 0.2) is 5.38 Å². The van der Waals surface area contributed by atoms with Crippen molar-refractivity contribution in [1.29, 1.82) is 0 Å². The highest BCUT2D eigenvalue weighted by Gasteiger charge is 2.30. The van der Waals surface area contributed by atoms with E-state index in [1.165, 1.54) is 11.3 Å². The largest absolute Gasteiger partial charge is 0.329 e. The Morgan fingerprint density at radius 1 is 1.65 bits per heavy atom. The second kappa shape index (κ2) is 4.50. The molecule has 1 aromatic rings. The Balaban J connectivity index is 1.93. The number of hydrogen-bond donors (Lipinski definition) is 2. The fraction of sp³-hybridized carbons (Fsp3) is 0.333. The van der Waals surface area contributed by atoms with Crippen LogP contribution in [-0.2, 0) is 9.59 Å². The molecule has 0 unspecified atom stereocenters. The topological polar surface area (TPSA) is 91.4 Å². The second-order valence-corrected chi connectivity index (χ2v) is 4.34. The van der Waals surface area contributed by atoms with Crippen LogP contribution in [0.4, 0.5) is 9.93 Å². The van der Waals surface area contributed by atoms with Gasteiger partial charge in [-0.25, -0.2) is 9.78 Å². The lowest BCUT2D eigenvalue weighted by atomic mass is 10.5. The number of thiazole rings is 1. The first kappa shape index (κ1) is 11.5. The van der Waals surface area contributed by atoms with Crippen molar-refractivity contribution in [3.8, 4) is 0 Å². The second-order valence-electron chi connectivity index (χ2n) is 3.48. The monoisotopic (exact) mass is 254 g/mol. The van der Waals surface area contributed by atoms with E-state index in [2.05, 4.69) is 15.6 Å². The molecular weight excluding hydrogens is 244 g/mol.